The molecule has 0 saturated heterocycles. The molecule has 0 spiro atoms. The summed E-state index contributed by atoms with van der Waals surface area (Å²) >= 11 is 6.35. The Kier molecular flexibility index (Phi) is 5.45. The van der Waals surface area contributed by atoms with Crippen LogP contribution in [-0.4, -0.2) is 35.9 Å². The highest BCUT2D eigenvalue weighted by Gasteiger charge is 2.23. The summed E-state index contributed by atoms with van der Waals surface area (Å²) in [5, 5.41) is 3.49. The van der Waals surface area contributed by atoms with Gasteiger partial charge in [0, 0.05) is 11.8 Å². The first-order valence-corrected chi connectivity index (χ1v) is 10.3. The Hall–Kier alpha value is -3.52. The number of halogens is 3. The SMILES string of the molecule is FCCOc1cccc2nc(-c3c(F)cccc3Cl)c(Nc3ccc4c(c3)OCCO4)n12. The van der Waals surface area contributed by atoms with Gasteiger partial charge in [-0.15, -0.1) is 0 Å². The highest BCUT2D eigenvalue weighted by Crippen LogP contribution is 2.40. The Morgan fingerprint density at radius 2 is 1.88 bits per heavy atom. The van der Waals surface area contributed by atoms with Gasteiger partial charge in [-0.2, -0.15) is 0 Å². The summed E-state index contributed by atoms with van der Waals surface area (Å²) in [5.41, 5.74) is 1.58. The van der Waals surface area contributed by atoms with E-state index < -0.39 is 12.5 Å². The van der Waals surface area contributed by atoms with Crippen molar-refractivity contribution in [1.29, 1.82) is 0 Å². The number of pyridine rings is 1. The first kappa shape index (κ1) is 20.4. The zero-order valence-electron chi connectivity index (χ0n) is 16.8. The Morgan fingerprint density at radius 1 is 1.06 bits per heavy atom. The van der Waals surface area contributed by atoms with E-state index >= 15 is 0 Å². The first-order chi connectivity index (χ1) is 15.7. The van der Waals surface area contributed by atoms with Crippen LogP contribution in [0, 0.1) is 5.82 Å². The molecule has 32 heavy (non-hydrogen) atoms. The average Bonchev–Trinajstić information content (AvgIpc) is 3.16. The third-order valence-electron chi connectivity index (χ3n) is 4.94. The number of fused-ring (bicyclic) bond motifs is 2. The molecule has 1 aliphatic heterocycles. The molecule has 0 bridgehead atoms. The smallest absolute Gasteiger partial charge is 0.201 e. The molecule has 2 aromatic heterocycles. The monoisotopic (exact) mass is 457 g/mol. The van der Waals surface area contributed by atoms with Crippen molar-refractivity contribution in [1.82, 2.24) is 9.38 Å². The van der Waals surface area contributed by atoms with Crippen LogP contribution in [0.3, 0.4) is 0 Å². The van der Waals surface area contributed by atoms with Gasteiger partial charge in [0.15, 0.2) is 11.5 Å². The lowest BCUT2D eigenvalue weighted by atomic mass is 10.1. The molecule has 0 atom stereocenters. The number of rotatable bonds is 6. The summed E-state index contributed by atoms with van der Waals surface area (Å²) in [6, 6.07) is 15.0. The molecule has 9 heteroatoms. The second-order valence-corrected chi connectivity index (χ2v) is 7.39. The van der Waals surface area contributed by atoms with E-state index in [9.17, 15) is 8.78 Å². The molecule has 0 saturated carbocycles. The first-order valence-electron chi connectivity index (χ1n) is 9.97. The maximum Gasteiger partial charge on any atom is 0.201 e. The molecular weight excluding hydrogens is 440 g/mol. The molecular formula is C23H18ClF2N3O3. The maximum absolute atomic E-state index is 14.8. The van der Waals surface area contributed by atoms with Crippen molar-refractivity contribution in [3.63, 3.8) is 0 Å². The summed E-state index contributed by atoms with van der Waals surface area (Å²) < 4.78 is 46.1. The number of ether oxygens (including phenoxy) is 3. The van der Waals surface area contributed by atoms with Gasteiger partial charge in [-0.05, 0) is 36.4 Å². The number of hydrogen-bond donors (Lipinski definition) is 1. The molecule has 0 unspecified atom stereocenters. The van der Waals surface area contributed by atoms with Crippen LogP contribution in [0.15, 0.2) is 54.6 Å². The minimum atomic E-state index is -0.651. The summed E-state index contributed by atoms with van der Waals surface area (Å²) in [5.74, 6) is 1.49. The Morgan fingerprint density at radius 3 is 2.69 bits per heavy atom. The summed E-state index contributed by atoms with van der Waals surface area (Å²) in [7, 11) is 0. The van der Waals surface area contributed by atoms with Crippen LogP contribution in [-0.2, 0) is 0 Å². The Balaban J connectivity index is 1.69. The third-order valence-corrected chi connectivity index (χ3v) is 5.25. The van der Waals surface area contributed by atoms with Gasteiger partial charge in [0.1, 0.15) is 49.5 Å². The quantitative estimate of drug-likeness (QED) is 0.405. The van der Waals surface area contributed by atoms with E-state index in [0.29, 0.717) is 53.4 Å². The van der Waals surface area contributed by atoms with Crippen LogP contribution < -0.4 is 19.5 Å². The lowest BCUT2D eigenvalue weighted by Crippen LogP contribution is -2.15. The fourth-order valence-corrected chi connectivity index (χ4v) is 3.84. The zero-order chi connectivity index (χ0) is 22.1. The number of imidazole rings is 1. The highest BCUT2D eigenvalue weighted by atomic mass is 35.5. The van der Waals surface area contributed by atoms with E-state index in [-0.39, 0.29) is 17.2 Å². The molecule has 4 aromatic rings. The molecule has 0 fully saturated rings. The zero-order valence-corrected chi connectivity index (χ0v) is 17.5. The minimum Gasteiger partial charge on any atom is -0.486 e. The van der Waals surface area contributed by atoms with E-state index in [1.54, 1.807) is 40.8 Å². The third kappa shape index (κ3) is 3.67. The summed E-state index contributed by atoms with van der Waals surface area (Å²) in [6.07, 6.45) is 0. The highest BCUT2D eigenvalue weighted by molar-refractivity contribution is 6.33. The van der Waals surface area contributed by atoms with Gasteiger partial charge in [0.2, 0.25) is 5.88 Å². The molecule has 3 heterocycles. The molecule has 2 aromatic carbocycles. The van der Waals surface area contributed by atoms with Gasteiger partial charge in [0.25, 0.3) is 0 Å². The van der Waals surface area contributed by atoms with Crippen LogP contribution in [0.5, 0.6) is 17.4 Å². The summed E-state index contributed by atoms with van der Waals surface area (Å²) in [6.45, 7) is 0.153. The van der Waals surface area contributed by atoms with Crippen LogP contribution in [0.2, 0.25) is 5.02 Å². The van der Waals surface area contributed by atoms with Gasteiger partial charge < -0.3 is 19.5 Å². The van der Waals surface area contributed by atoms with Crippen molar-refractivity contribution in [3.05, 3.63) is 65.4 Å². The van der Waals surface area contributed by atoms with Gasteiger partial charge in [-0.1, -0.05) is 23.7 Å². The number of nitrogens with one attached hydrogen (secondary N) is 1. The molecule has 1 N–H and O–H groups in total. The van der Waals surface area contributed by atoms with Crippen LogP contribution in [0.4, 0.5) is 20.3 Å². The Labute approximate surface area is 187 Å². The number of aromatic nitrogens is 2. The lowest BCUT2D eigenvalue weighted by molar-refractivity contribution is 0.171. The van der Waals surface area contributed by atoms with Crippen molar-refractivity contribution < 1.29 is 23.0 Å². The standard InChI is InChI=1S/C23H18ClF2N3O3/c24-15-3-1-4-16(26)21(15)22-23(27-14-7-8-17-18(13-14)31-12-11-30-17)29-19(28-22)5-2-6-20(29)32-10-9-25/h1-8,13,27H,9-12H2. The van der Waals surface area contributed by atoms with E-state index in [1.807, 2.05) is 6.07 Å². The van der Waals surface area contributed by atoms with E-state index in [4.69, 9.17) is 25.8 Å². The van der Waals surface area contributed by atoms with E-state index in [2.05, 4.69) is 10.3 Å². The number of alkyl halides is 1. The van der Waals surface area contributed by atoms with Crippen molar-refractivity contribution in [2.45, 2.75) is 0 Å². The van der Waals surface area contributed by atoms with Gasteiger partial charge in [0.05, 0.1) is 10.6 Å². The van der Waals surface area contributed by atoms with Gasteiger partial charge in [-0.25, -0.2) is 18.2 Å². The normalized spacial score (nSPS) is 12.7. The maximum atomic E-state index is 14.8. The number of hydrogen-bond acceptors (Lipinski definition) is 5. The molecule has 1 aliphatic rings. The predicted octanol–water partition coefficient (Wildman–Crippen LogP) is 5.66. The minimum absolute atomic E-state index is 0.128. The molecule has 0 radical (unpaired) electrons. The van der Waals surface area contributed by atoms with Crippen molar-refractivity contribution in [2.75, 3.05) is 31.8 Å². The molecule has 0 amide bonds. The fraction of sp³-hybridized carbons (Fsp3) is 0.174. The number of benzene rings is 2. The molecule has 5 rings (SSSR count). The number of nitrogens with zero attached hydrogens (tertiary/aromatic N) is 2. The van der Waals surface area contributed by atoms with Crippen molar-refractivity contribution >= 4 is 28.8 Å². The van der Waals surface area contributed by atoms with Crippen LogP contribution in [0.25, 0.3) is 16.9 Å². The van der Waals surface area contributed by atoms with Crippen LogP contribution in [0.1, 0.15) is 0 Å². The molecule has 6 nitrogen and oxygen atoms in total. The fourth-order valence-electron chi connectivity index (χ4n) is 3.59. The largest absolute Gasteiger partial charge is 0.486 e. The lowest BCUT2D eigenvalue weighted by Gasteiger charge is -2.19. The van der Waals surface area contributed by atoms with Crippen LogP contribution >= 0.6 is 11.6 Å². The average molecular weight is 458 g/mol. The van der Waals surface area contributed by atoms with Gasteiger partial charge >= 0.3 is 0 Å². The Bertz CT molecular complexity index is 1270. The summed E-state index contributed by atoms with van der Waals surface area (Å²) in [4.78, 5) is 4.60. The second-order valence-electron chi connectivity index (χ2n) is 6.98. The van der Waals surface area contributed by atoms with Gasteiger partial charge in [-0.3, -0.25) is 0 Å². The second kappa shape index (κ2) is 8.55. The number of anilines is 2. The van der Waals surface area contributed by atoms with Crippen molar-refractivity contribution in [3.8, 4) is 28.6 Å². The van der Waals surface area contributed by atoms with E-state index in [1.165, 1.54) is 12.1 Å². The molecule has 164 valence electrons. The predicted molar refractivity (Wildman–Crippen MR) is 118 cm³/mol. The van der Waals surface area contributed by atoms with Crippen molar-refractivity contribution in [2.24, 2.45) is 0 Å². The van der Waals surface area contributed by atoms with E-state index in [0.717, 1.165) is 0 Å². The molecule has 0 aliphatic carbocycles. The topological polar surface area (TPSA) is 57.0 Å².